The van der Waals surface area contributed by atoms with Gasteiger partial charge in [0.2, 0.25) is 0 Å². The molecule has 0 spiro atoms. The van der Waals surface area contributed by atoms with Crippen LogP contribution in [-0.4, -0.2) is 0 Å². The summed E-state index contributed by atoms with van der Waals surface area (Å²) in [6.45, 7) is 0. The summed E-state index contributed by atoms with van der Waals surface area (Å²) in [7, 11) is 0. The Kier molecular flexibility index (Phi) is 4.86. The predicted octanol–water partition coefficient (Wildman–Crippen LogP) is 11.0. The lowest BCUT2D eigenvalue weighted by molar-refractivity contribution is 0.669. The highest BCUT2D eigenvalue weighted by Crippen LogP contribution is 2.46. The van der Waals surface area contributed by atoms with Crippen molar-refractivity contribution >= 4 is 50.6 Å². The van der Waals surface area contributed by atoms with Gasteiger partial charge in [-0.3, -0.25) is 0 Å². The summed E-state index contributed by atoms with van der Waals surface area (Å²) in [5, 5.41) is 1.53. The number of nitrogens with zero attached hydrogens (tertiary/aromatic N) is 1. The Morgan fingerprint density at radius 2 is 1.28 bits per heavy atom. The van der Waals surface area contributed by atoms with E-state index in [0.717, 1.165) is 33.6 Å². The summed E-state index contributed by atoms with van der Waals surface area (Å²) in [5.74, 6) is 0. The maximum atomic E-state index is 8.65. The quantitative estimate of drug-likeness (QED) is 0.222. The highest BCUT2D eigenvalue weighted by atomic mass is 35.5. The van der Waals surface area contributed by atoms with Crippen molar-refractivity contribution in [2.45, 2.75) is 0 Å². The lowest BCUT2D eigenvalue weighted by Gasteiger charge is -2.28. The predicted molar refractivity (Wildman–Crippen MR) is 164 cm³/mol. The number of rotatable bonds is 5. The Morgan fingerprint density at radius 3 is 2.10 bits per heavy atom. The van der Waals surface area contributed by atoms with E-state index in [-0.39, 0.29) is 29.8 Å². The molecule has 0 N–H and O–H groups in total. The summed E-state index contributed by atoms with van der Waals surface area (Å²) < 4.78 is 40.1. The average Bonchev–Trinajstić information content (AvgIpc) is 3.44. The molecule has 6 aromatic carbocycles. The van der Waals surface area contributed by atoms with Gasteiger partial charge in [-0.1, -0.05) is 121 Å². The van der Waals surface area contributed by atoms with Gasteiger partial charge >= 0.3 is 0 Å². The van der Waals surface area contributed by atoms with Crippen molar-refractivity contribution in [3.63, 3.8) is 0 Å². The van der Waals surface area contributed by atoms with Gasteiger partial charge in [-0.15, -0.1) is 0 Å². The van der Waals surface area contributed by atoms with E-state index in [1.807, 2.05) is 97.1 Å². The molecular weight excluding hydrogens is 498 g/mol. The van der Waals surface area contributed by atoms with Gasteiger partial charge in [0.25, 0.3) is 0 Å². The maximum absolute atomic E-state index is 8.65. The lowest BCUT2D eigenvalue weighted by Crippen LogP contribution is -2.11. The first-order valence-electron chi connectivity index (χ1n) is 14.6. The molecule has 0 bridgehead atoms. The van der Waals surface area contributed by atoms with E-state index in [0.29, 0.717) is 27.1 Å². The number of anilines is 3. The molecule has 0 aliphatic heterocycles. The molecule has 0 aliphatic rings. The van der Waals surface area contributed by atoms with E-state index < -0.39 is 0 Å². The number of halogens is 1. The van der Waals surface area contributed by atoms with Crippen molar-refractivity contribution in [1.82, 2.24) is 0 Å². The van der Waals surface area contributed by atoms with Crippen LogP contribution in [0.3, 0.4) is 0 Å². The Labute approximate surface area is 238 Å². The van der Waals surface area contributed by atoms with E-state index in [1.54, 1.807) is 0 Å². The summed E-state index contributed by atoms with van der Waals surface area (Å²) in [6, 6.07) is 38.9. The van der Waals surface area contributed by atoms with Crippen molar-refractivity contribution in [2.75, 3.05) is 4.90 Å². The van der Waals surface area contributed by atoms with Gasteiger partial charge in [0.1, 0.15) is 5.58 Å². The van der Waals surface area contributed by atoms with Crippen LogP contribution in [0, 0.1) is 0 Å². The molecule has 1 aromatic heterocycles. The molecule has 0 fully saturated rings. The first-order chi connectivity index (χ1) is 20.9. The van der Waals surface area contributed by atoms with E-state index in [4.69, 9.17) is 21.5 Å². The lowest BCUT2D eigenvalue weighted by atomic mass is 10.0. The smallest absolute Gasteiger partial charge is 0.159 e. The monoisotopic (exact) mass is 525 g/mol. The zero-order chi connectivity index (χ0) is 29.7. The van der Waals surface area contributed by atoms with E-state index >= 15 is 0 Å². The Morgan fingerprint density at radius 1 is 0.590 bits per heavy atom. The van der Waals surface area contributed by atoms with Crippen LogP contribution in [-0.2, 0) is 0 Å². The van der Waals surface area contributed by atoms with Crippen molar-refractivity contribution < 1.29 is 9.90 Å². The summed E-state index contributed by atoms with van der Waals surface area (Å²) in [5.41, 5.74) is 6.91. The van der Waals surface area contributed by atoms with Crippen LogP contribution in [0.4, 0.5) is 17.1 Å². The number of furan rings is 1. The fourth-order valence-corrected chi connectivity index (χ4v) is 5.34. The second-order valence-electron chi connectivity index (χ2n) is 9.24. The van der Waals surface area contributed by atoms with Gasteiger partial charge in [0.15, 0.2) is 5.58 Å². The molecule has 7 rings (SSSR count). The Hall–Kier alpha value is -4.79. The molecule has 7 aromatic rings. The molecule has 0 unspecified atom stereocenters. The van der Waals surface area contributed by atoms with Crippen molar-refractivity contribution in [2.24, 2.45) is 0 Å². The summed E-state index contributed by atoms with van der Waals surface area (Å²) >= 11 is 6.79. The number of hydrogen-bond donors (Lipinski definition) is 0. The molecule has 0 atom stereocenters. The van der Waals surface area contributed by atoms with Gasteiger partial charge in [-0.25, -0.2) is 0 Å². The molecule has 0 aliphatic carbocycles. The van der Waals surface area contributed by atoms with E-state index in [1.165, 1.54) is 0 Å². The number of fused-ring (bicyclic) bond motifs is 3. The van der Waals surface area contributed by atoms with Gasteiger partial charge in [0.05, 0.1) is 16.9 Å². The van der Waals surface area contributed by atoms with Crippen LogP contribution in [0.1, 0.15) is 5.48 Å². The standard InChI is InChI=1S/C36H24ClNO/c37-28-22-27(25-12-3-1-4-13-25)23-29(24-28)38(33-19-9-7-16-30(33)26-14-5-2-6-15-26)34-20-11-18-32-31-17-8-10-21-35(31)39-36(32)34/h1-24H/i8D,10D,17D,21D. The zero-order valence-corrected chi connectivity index (χ0v) is 21.5. The minimum atomic E-state index is -0.327. The molecule has 0 radical (unpaired) electrons. The number of benzene rings is 6. The van der Waals surface area contributed by atoms with E-state index in [9.17, 15) is 0 Å². The molecular formula is C36H24ClNO. The molecule has 0 saturated carbocycles. The van der Waals surface area contributed by atoms with Crippen LogP contribution in [0.25, 0.3) is 44.2 Å². The molecule has 0 saturated heterocycles. The van der Waals surface area contributed by atoms with Crippen LogP contribution in [0.2, 0.25) is 5.02 Å². The second kappa shape index (κ2) is 9.83. The van der Waals surface area contributed by atoms with Crippen LogP contribution in [0.5, 0.6) is 0 Å². The highest BCUT2D eigenvalue weighted by molar-refractivity contribution is 6.31. The average molecular weight is 526 g/mol. The fraction of sp³-hybridized carbons (Fsp3) is 0. The van der Waals surface area contributed by atoms with Crippen molar-refractivity contribution in [3.05, 3.63) is 151 Å². The van der Waals surface area contributed by atoms with Gasteiger partial charge in [-0.2, -0.15) is 0 Å². The van der Waals surface area contributed by atoms with E-state index in [2.05, 4.69) is 29.2 Å². The highest BCUT2D eigenvalue weighted by Gasteiger charge is 2.22. The second-order valence-corrected chi connectivity index (χ2v) is 9.68. The molecule has 2 nitrogen and oxygen atoms in total. The maximum Gasteiger partial charge on any atom is 0.159 e. The summed E-state index contributed by atoms with van der Waals surface area (Å²) in [6.07, 6.45) is 0. The fourth-order valence-electron chi connectivity index (χ4n) is 5.11. The normalized spacial score (nSPS) is 12.6. The van der Waals surface area contributed by atoms with Crippen molar-refractivity contribution in [3.8, 4) is 22.3 Å². The largest absolute Gasteiger partial charge is 0.454 e. The number of para-hydroxylation sites is 3. The van der Waals surface area contributed by atoms with Crippen LogP contribution >= 0.6 is 11.6 Å². The molecule has 186 valence electrons. The molecule has 1 heterocycles. The first-order valence-corrected chi connectivity index (χ1v) is 13.0. The third kappa shape index (κ3) is 4.25. The van der Waals surface area contributed by atoms with Crippen LogP contribution < -0.4 is 4.90 Å². The van der Waals surface area contributed by atoms with Gasteiger partial charge in [0, 0.05) is 27.0 Å². The van der Waals surface area contributed by atoms with Gasteiger partial charge < -0.3 is 9.32 Å². The first kappa shape index (κ1) is 19.3. The molecule has 0 amide bonds. The number of hydrogen-bond acceptors (Lipinski definition) is 2. The Bertz CT molecular complexity index is 2150. The third-order valence-electron chi connectivity index (χ3n) is 6.84. The minimum absolute atomic E-state index is 0.126. The Balaban J connectivity index is 1.57. The van der Waals surface area contributed by atoms with Crippen LogP contribution in [0.15, 0.2) is 150 Å². The van der Waals surface area contributed by atoms with Crippen molar-refractivity contribution in [1.29, 1.82) is 0 Å². The topological polar surface area (TPSA) is 16.4 Å². The molecule has 39 heavy (non-hydrogen) atoms. The molecule has 3 heteroatoms. The SMILES string of the molecule is [2H]c1c([2H])c([2H])c2c(oc3c(N(c4cc(Cl)cc(-c5ccccc5)c4)c4ccccc4-c4ccccc4)cccc32)c1[2H]. The van der Waals surface area contributed by atoms with Gasteiger partial charge in [-0.05, 0) is 53.1 Å². The third-order valence-corrected chi connectivity index (χ3v) is 7.06. The minimum Gasteiger partial charge on any atom is -0.454 e. The summed E-state index contributed by atoms with van der Waals surface area (Å²) in [4.78, 5) is 2.09. The zero-order valence-electron chi connectivity index (χ0n) is 24.8.